The standard InChI is InChI=1S/C21H32N2O4/c1-21(2,3)27-20(25)23(4)14-16-10-8-9-13-18(16)22-19(24)15-26-17-11-6-5-7-12-17/h8-10,13,17H,5-7,11-12,14-15H2,1-4H3,(H,22,24). The summed E-state index contributed by atoms with van der Waals surface area (Å²) in [6.45, 7) is 5.90. The van der Waals surface area contributed by atoms with Crippen molar-refractivity contribution in [3.63, 3.8) is 0 Å². The number of ether oxygens (including phenoxy) is 2. The summed E-state index contributed by atoms with van der Waals surface area (Å²) in [5.41, 5.74) is 0.984. The van der Waals surface area contributed by atoms with Crippen molar-refractivity contribution >= 4 is 17.7 Å². The first kappa shape index (κ1) is 21.2. The number of carbonyl (C=O) groups excluding carboxylic acids is 2. The number of carbonyl (C=O) groups is 2. The number of anilines is 1. The van der Waals surface area contributed by atoms with Crippen LogP contribution in [-0.4, -0.2) is 42.3 Å². The highest BCUT2D eigenvalue weighted by atomic mass is 16.6. The molecule has 0 atom stereocenters. The Kier molecular flexibility index (Phi) is 7.66. The average Bonchev–Trinajstić information content (AvgIpc) is 2.61. The lowest BCUT2D eigenvalue weighted by Crippen LogP contribution is -2.34. The minimum absolute atomic E-state index is 0.0565. The summed E-state index contributed by atoms with van der Waals surface area (Å²) in [4.78, 5) is 25.9. The Hall–Kier alpha value is -2.08. The number of amides is 2. The van der Waals surface area contributed by atoms with Gasteiger partial charge in [-0.05, 0) is 45.2 Å². The van der Waals surface area contributed by atoms with Crippen molar-refractivity contribution < 1.29 is 19.1 Å². The molecule has 1 aliphatic carbocycles. The second-order valence-corrected chi connectivity index (χ2v) is 8.11. The minimum Gasteiger partial charge on any atom is -0.444 e. The van der Waals surface area contributed by atoms with Crippen LogP contribution in [0.4, 0.5) is 10.5 Å². The predicted octanol–water partition coefficient (Wildman–Crippen LogP) is 4.34. The number of hydrogen-bond acceptors (Lipinski definition) is 4. The molecule has 0 spiro atoms. The van der Waals surface area contributed by atoms with Gasteiger partial charge in [0.1, 0.15) is 12.2 Å². The molecule has 6 nitrogen and oxygen atoms in total. The van der Waals surface area contributed by atoms with Gasteiger partial charge in [0.2, 0.25) is 5.91 Å². The number of nitrogens with one attached hydrogen (secondary N) is 1. The smallest absolute Gasteiger partial charge is 0.410 e. The Morgan fingerprint density at radius 1 is 1.15 bits per heavy atom. The van der Waals surface area contributed by atoms with Gasteiger partial charge in [0.05, 0.1) is 12.6 Å². The molecule has 0 bridgehead atoms. The van der Waals surface area contributed by atoms with Crippen molar-refractivity contribution in [3.8, 4) is 0 Å². The minimum atomic E-state index is -0.546. The van der Waals surface area contributed by atoms with Crippen LogP contribution in [0.5, 0.6) is 0 Å². The third-order valence-corrected chi connectivity index (χ3v) is 4.41. The summed E-state index contributed by atoms with van der Waals surface area (Å²) in [6, 6.07) is 7.45. The van der Waals surface area contributed by atoms with Gasteiger partial charge in [-0.25, -0.2) is 4.79 Å². The maximum Gasteiger partial charge on any atom is 0.410 e. The van der Waals surface area contributed by atoms with E-state index >= 15 is 0 Å². The van der Waals surface area contributed by atoms with Crippen molar-refractivity contribution in [2.75, 3.05) is 19.0 Å². The zero-order valence-corrected chi connectivity index (χ0v) is 16.9. The molecule has 27 heavy (non-hydrogen) atoms. The van der Waals surface area contributed by atoms with Crippen LogP contribution in [0.2, 0.25) is 0 Å². The van der Waals surface area contributed by atoms with Gasteiger partial charge < -0.3 is 19.7 Å². The lowest BCUT2D eigenvalue weighted by atomic mass is 9.98. The van der Waals surface area contributed by atoms with Crippen molar-refractivity contribution in [1.82, 2.24) is 4.90 Å². The highest BCUT2D eigenvalue weighted by molar-refractivity contribution is 5.92. The number of nitrogens with zero attached hydrogens (tertiary/aromatic N) is 1. The lowest BCUT2D eigenvalue weighted by molar-refractivity contribution is -0.123. The normalized spacial score (nSPS) is 15.3. The van der Waals surface area contributed by atoms with Crippen LogP contribution in [0.25, 0.3) is 0 Å². The molecule has 0 aromatic heterocycles. The quantitative estimate of drug-likeness (QED) is 0.802. The molecule has 1 aromatic rings. The second-order valence-electron chi connectivity index (χ2n) is 8.11. The molecule has 2 amide bonds. The van der Waals surface area contributed by atoms with Crippen molar-refractivity contribution in [3.05, 3.63) is 29.8 Å². The summed E-state index contributed by atoms with van der Waals surface area (Å²) < 4.78 is 11.1. The Morgan fingerprint density at radius 3 is 2.48 bits per heavy atom. The molecule has 0 heterocycles. The second kappa shape index (κ2) is 9.74. The molecule has 0 unspecified atom stereocenters. The molecule has 1 saturated carbocycles. The zero-order valence-electron chi connectivity index (χ0n) is 16.9. The Bertz CT molecular complexity index is 633. The average molecular weight is 376 g/mol. The number of hydrogen-bond donors (Lipinski definition) is 1. The number of para-hydroxylation sites is 1. The van der Waals surface area contributed by atoms with Crippen LogP contribution in [0.15, 0.2) is 24.3 Å². The Labute approximate surface area is 162 Å². The molecular weight excluding hydrogens is 344 g/mol. The highest BCUT2D eigenvalue weighted by Crippen LogP contribution is 2.21. The van der Waals surface area contributed by atoms with E-state index in [1.54, 1.807) is 7.05 Å². The van der Waals surface area contributed by atoms with Crippen molar-refractivity contribution in [2.24, 2.45) is 0 Å². The third kappa shape index (κ3) is 7.59. The monoisotopic (exact) mass is 376 g/mol. The van der Waals surface area contributed by atoms with Crippen molar-refractivity contribution in [1.29, 1.82) is 0 Å². The molecule has 1 aromatic carbocycles. The van der Waals surface area contributed by atoms with Crippen LogP contribution in [0.1, 0.15) is 58.4 Å². The van der Waals surface area contributed by atoms with E-state index in [0.717, 1.165) is 18.4 Å². The molecule has 150 valence electrons. The topological polar surface area (TPSA) is 67.9 Å². The Morgan fingerprint density at radius 2 is 1.81 bits per heavy atom. The maximum absolute atomic E-state index is 12.3. The summed E-state index contributed by atoms with van der Waals surface area (Å²) in [6.07, 6.45) is 5.46. The van der Waals surface area contributed by atoms with Gasteiger partial charge in [-0.2, -0.15) is 0 Å². The van der Waals surface area contributed by atoms with E-state index in [4.69, 9.17) is 9.47 Å². The summed E-state index contributed by atoms with van der Waals surface area (Å²) in [5, 5.41) is 2.90. The first-order valence-electron chi connectivity index (χ1n) is 9.68. The SMILES string of the molecule is CN(Cc1ccccc1NC(=O)COC1CCCCC1)C(=O)OC(C)(C)C. The van der Waals surface area contributed by atoms with Crippen LogP contribution >= 0.6 is 0 Å². The van der Waals surface area contributed by atoms with Gasteiger partial charge in [0.15, 0.2) is 0 Å². The van der Waals surface area contributed by atoms with E-state index < -0.39 is 11.7 Å². The molecular formula is C21H32N2O4. The number of benzene rings is 1. The Balaban J connectivity index is 1.90. The van der Waals surface area contributed by atoms with Gasteiger partial charge in [-0.15, -0.1) is 0 Å². The number of rotatable bonds is 6. The molecule has 0 aliphatic heterocycles. The molecule has 2 rings (SSSR count). The van der Waals surface area contributed by atoms with Crippen LogP contribution < -0.4 is 5.32 Å². The van der Waals surface area contributed by atoms with Crippen LogP contribution in [0.3, 0.4) is 0 Å². The van der Waals surface area contributed by atoms with Gasteiger partial charge in [-0.1, -0.05) is 37.5 Å². The fourth-order valence-corrected chi connectivity index (χ4v) is 3.05. The van der Waals surface area contributed by atoms with Crippen LogP contribution in [-0.2, 0) is 20.8 Å². The van der Waals surface area contributed by atoms with Gasteiger partial charge in [0, 0.05) is 12.7 Å². The van der Waals surface area contributed by atoms with Crippen molar-refractivity contribution in [2.45, 2.75) is 71.1 Å². The molecule has 6 heteroatoms. The van der Waals surface area contributed by atoms with Crippen LogP contribution in [0, 0.1) is 0 Å². The maximum atomic E-state index is 12.3. The fraction of sp³-hybridized carbons (Fsp3) is 0.619. The third-order valence-electron chi connectivity index (χ3n) is 4.41. The first-order valence-corrected chi connectivity index (χ1v) is 9.68. The van der Waals surface area contributed by atoms with E-state index in [2.05, 4.69) is 5.32 Å². The van der Waals surface area contributed by atoms with E-state index in [1.165, 1.54) is 24.2 Å². The molecule has 1 aliphatic rings. The summed E-state index contributed by atoms with van der Waals surface area (Å²) >= 11 is 0. The van der Waals surface area contributed by atoms with Gasteiger partial charge in [0.25, 0.3) is 0 Å². The highest BCUT2D eigenvalue weighted by Gasteiger charge is 2.21. The van der Waals surface area contributed by atoms with E-state index in [0.29, 0.717) is 12.2 Å². The molecule has 1 fully saturated rings. The largest absolute Gasteiger partial charge is 0.444 e. The first-order chi connectivity index (χ1) is 12.7. The van der Waals surface area contributed by atoms with E-state index in [-0.39, 0.29) is 18.6 Å². The molecule has 0 radical (unpaired) electrons. The molecule has 1 N–H and O–H groups in total. The molecule has 0 saturated heterocycles. The summed E-state index contributed by atoms with van der Waals surface area (Å²) in [7, 11) is 1.68. The van der Waals surface area contributed by atoms with Gasteiger partial charge in [-0.3, -0.25) is 4.79 Å². The van der Waals surface area contributed by atoms with Gasteiger partial charge >= 0.3 is 6.09 Å². The zero-order chi connectivity index (χ0) is 19.9. The van der Waals surface area contributed by atoms with E-state index in [9.17, 15) is 9.59 Å². The fourth-order valence-electron chi connectivity index (χ4n) is 3.05. The summed E-state index contributed by atoms with van der Waals surface area (Å²) in [5.74, 6) is -0.173. The lowest BCUT2D eigenvalue weighted by Gasteiger charge is -2.25. The van der Waals surface area contributed by atoms with E-state index in [1.807, 2.05) is 45.0 Å². The predicted molar refractivity (Wildman–Crippen MR) is 106 cm³/mol.